The van der Waals surface area contributed by atoms with Gasteiger partial charge in [-0.2, -0.15) is 0 Å². The van der Waals surface area contributed by atoms with Crippen LogP contribution in [0.5, 0.6) is 5.75 Å². The van der Waals surface area contributed by atoms with Crippen molar-refractivity contribution >= 4 is 27.7 Å². The van der Waals surface area contributed by atoms with Crippen LogP contribution in [0.15, 0.2) is 109 Å². The minimum Gasteiger partial charge on any atom is -0.494 e. The van der Waals surface area contributed by atoms with Gasteiger partial charge in [-0.05, 0) is 59.4 Å². The number of hydrogen-bond acceptors (Lipinski definition) is 4. The molecule has 0 radical (unpaired) electrons. The predicted octanol–water partition coefficient (Wildman–Crippen LogP) is 6.94. The minimum absolute atomic E-state index is 0.0148. The second-order valence-corrected chi connectivity index (χ2v) is 11.3. The Morgan fingerprint density at radius 3 is 1.74 bits per heavy atom. The molecule has 0 saturated carbocycles. The minimum atomic E-state index is -1.42. The summed E-state index contributed by atoms with van der Waals surface area (Å²) in [6.07, 6.45) is 2.04. The molecule has 4 aromatic carbocycles. The normalized spacial score (nSPS) is 17.1. The average molecular weight is 631 g/mol. The van der Waals surface area contributed by atoms with Gasteiger partial charge in [0.05, 0.1) is 18.4 Å². The van der Waals surface area contributed by atoms with Crippen LogP contribution in [0, 0.1) is 5.82 Å². The SMILES string of the molecule is O=C1C(c2ccc(F)cc2)C(c2ccc(OCCCCBr)cc2)C(=O)N1CCC(O)(c1ccccc1)c1ccccc1. The summed E-state index contributed by atoms with van der Waals surface area (Å²) in [6, 6.07) is 31.5. The van der Waals surface area contributed by atoms with Gasteiger partial charge in [0.2, 0.25) is 11.8 Å². The lowest BCUT2D eigenvalue weighted by atomic mass is 9.83. The number of halogens is 2. The third kappa shape index (κ3) is 6.32. The summed E-state index contributed by atoms with van der Waals surface area (Å²) >= 11 is 3.42. The first-order chi connectivity index (χ1) is 20.4. The number of rotatable bonds is 12. The molecule has 0 aromatic heterocycles. The largest absolute Gasteiger partial charge is 0.494 e. The second kappa shape index (κ2) is 13.4. The second-order valence-electron chi connectivity index (χ2n) is 10.5. The Kier molecular flexibility index (Phi) is 9.50. The van der Waals surface area contributed by atoms with Gasteiger partial charge in [0, 0.05) is 18.3 Å². The molecule has 2 unspecified atom stereocenters. The lowest BCUT2D eigenvalue weighted by Gasteiger charge is -2.31. The van der Waals surface area contributed by atoms with Gasteiger partial charge in [-0.1, -0.05) is 101 Å². The van der Waals surface area contributed by atoms with Crippen molar-refractivity contribution in [3.63, 3.8) is 0 Å². The van der Waals surface area contributed by atoms with Crippen molar-refractivity contribution in [2.24, 2.45) is 0 Å². The van der Waals surface area contributed by atoms with Gasteiger partial charge in [-0.3, -0.25) is 14.5 Å². The van der Waals surface area contributed by atoms with Crippen LogP contribution < -0.4 is 4.74 Å². The summed E-state index contributed by atoms with van der Waals surface area (Å²) in [5.74, 6) is -2.03. The molecule has 0 aliphatic carbocycles. The van der Waals surface area contributed by atoms with Crippen LogP contribution in [0.25, 0.3) is 0 Å². The fraction of sp³-hybridized carbons (Fsp3) is 0.257. The fourth-order valence-electron chi connectivity index (χ4n) is 5.60. The molecule has 1 aliphatic rings. The van der Waals surface area contributed by atoms with Gasteiger partial charge in [0.1, 0.15) is 17.2 Å². The van der Waals surface area contributed by atoms with Gasteiger partial charge in [0.15, 0.2) is 0 Å². The van der Waals surface area contributed by atoms with E-state index < -0.39 is 23.3 Å². The maximum atomic E-state index is 14.0. The number of carbonyl (C=O) groups excluding carboxylic acids is 2. The zero-order valence-corrected chi connectivity index (χ0v) is 24.8. The lowest BCUT2D eigenvalue weighted by Crippen LogP contribution is -2.37. The van der Waals surface area contributed by atoms with Gasteiger partial charge in [-0.15, -0.1) is 0 Å². The van der Waals surface area contributed by atoms with Crippen molar-refractivity contribution in [3.8, 4) is 5.75 Å². The molecule has 2 amide bonds. The molecule has 1 fully saturated rings. The zero-order chi connectivity index (χ0) is 29.5. The highest BCUT2D eigenvalue weighted by Crippen LogP contribution is 2.43. The average Bonchev–Trinajstić information content (AvgIpc) is 3.28. The molecule has 7 heteroatoms. The summed E-state index contributed by atoms with van der Waals surface area (Å²) in [5, 5.41) is 12.9. The molecule has 5 nitrogen and oxygen atoms in total. The van der Waals surface area contributed by atoms with E-state index in [1.165, 1.54) is 17.0 Å². The van der Waals surface area contributed by atoms with E-state index in [1.807, 2.05) is 84.9 Å². The van der Waals surface area contributed by atoms with E-state index in [0.29, 0.717) is 34.6 Å². The van der Waals surface area contributed by atoms with Crippen molar-refractivity contribution in [1.29, 1.82) is 0 Å². The molecule has 216 valence electrons. The molecule has 4 aromatic rings. The molecule has 2 atom stereocenters. The van der Waals surface area contributed by atoms with E-state index in [4.69, 9.17) is 4.74 Å². The maximum Gasteiger partial charge on any atom is 0.237 e. The number of ether oxygens (including phenoxy) is 1. The number of aliphatic hydroxyl groups is 1. The van der Waals surface area contributed by atoms with Gasteiger partial charge in [0.25, 0.3) is 0 Å². The lowest BCUT2D eigenvalue weighted by molar-refractivity contribution is -0.139. The highest BCUT2D eigenvalue weighted by molar-refractivity contribution is 9.09. The van der Waals surface area contributed by atoms with Gasteiger partial charge >= 0.3 is 0 Å². The molecule has 0 bridgehead atoms. The van der Waals surface area contributed by atoms with E-state index in [9.17, 15) is 19.1 Å². The summed E-state index contributed by atoms with van der Waals surface area (Å²) in [7, 11) is 0. The molecule has 1 N–H and O–H groups in total. The third-order valence-electron chi connectivity index (χ3n) is 7.86. The van der Waals surface area contributed by atoms with E-state index in [1.54, 1.807) is 12.1 Å². The van der Waals surface area contributed by atoms with Crippen LogP contribution in [0.1, 0.15) is 53.4 Å². The van der Waals surface area contributed by atoms with Crippen molar-refractivity contribution in [3.05, 3.63) is 137 Å². The number of alkyl halides is 1. The predicted molar refractivity (Wildman–Crippen MR) is 164 cm³/mol. The Labute approximate surface area is 254 Å². The number of imide groups is 1. The Bertz CT molecular complexity index is 1440. The molecular weight excluding hydrogens is 597 g/mol. The maximum absolute atomic E-state index is 14.0. The number of hydrogen-bond donors (Lipinski definition) is 1. The number of likely N-dealkylation sites (tertiary alicyclic amines) is 1. The number of benzene rings is 4. The topological polar surface area (TPSA) is 66.8 Å². The monoisotopic (exact) mass is 629 g/mol. The molecule has 0 spiro atoms. The molecule has 1 saturated heterocycles. The van der Waals surface area contributed by atoms with E-state index in [2.05, 4.69) is 15.9 Å². The van der Waals surface area contributed by atoms with Crippen LogP contribution in [-0.4, -0.2) is 40.3 Å². The first kappa shape index (κ1) is 29.7. The zero-order valence-electron chi connectivity index (χ0n) is 23.2. The number of amides is 2. The molecule has 42 heavy (non-hydrogen) atoms. The smallest absolute Gasteiger partial charge is 0.237 e. The van der Waals surface area contributed by atoms with Crippen molar-refractivity contribution in [2.75, 3.05) is 18.5 Å². The van der Waals surface area contributed by atoms with Crippen molar-refractivity contribution < 1.29 is 23.8 Å². The Morgan fingerprint density at radius 2 is 1.24 bits per heavy atom. The third-order valence-corrected chi connectivity index (χ3v) is 8.42. The summed E-state index contributed by atoms with van der Waals surface area (Å²) in [4.78, 5) is 29.2. The van der Waals surface area contributed by atoms with E-state index >= 15 is 0 Å². The van der Waals surface area contributed by atoms with Crippen LogP contribution in [0.4, 0.5) is 4.39 Å². The molecule has 1 heterocycles. The first-order valence-electron chi connectivity index (χ1n) is 14.2. The van der Waals surface area contributed by atoms with E-state index in [-0.39, 0.29) is 24.8 Å². The molecular formula is C35H33BrFNO4. The van der Waals surface area contributed by atoms with Crippen LogP contribution >= 0.6 is 15.9 Å². The van der Waals surface area contributed by atoms with Crippen LogP contribution in [0.2, 0.25) is 0 Å². The Hall–Kier alpha value is -3.81. The summed E-state index contributed by atoms with van der Waals surface area (Å²) in [6.45, 7) is 0.602. The Balaban J connectivity index is 1.44. The first-order valence-corrected chi connectivity index (χ1v) is 15.3. The van der Waals surface area contributed by atoms with Crippen molar-refractivity contribution in [1.82, 2.24) is 4.90 Å². The number of carbonyl (C=O) groups is 2. The number of unbranched alkanes of at least 4 members (excludes halogenated alkanes) is 1. The van der Waals surface area contributed by atoms with Crippen molar-refractivity contribution in [2.45, 2.75) is 36.7 Å². The van der Waals surface area contributed by atoms with E-state index in [0.717, 1.165) is 18.2 Å². The highest BCUT2D eigenvalue weighted by atomic mass is 79.9. The quantitative estimate of drug-likeness (QED) is 0.105. The standard InChI is InChI=1S/C35H33BrFNO4/c36-22-7-8-24-42-30-19-15-26(16-20-30)32-31(25-13-17-29(37)18-14-25)33(39)38(34(32)40)23-21-35(41,27-9-3-1-4-10-27)28-11-5-2-6-12-28/h1-6,9-20,31-32,41H,7-8,21-24H2. The van der Waals surface area contributed by atoms with Gasteiger partial charge < -0.3 is 9.84 Å². The van der Waals surface area contributed by atoms with Crippen LogP contribution in [0.3, 0.4) is 0 Å². The fourth-order valence-corrected chi connectivity index (χ4v) is 6.00. The van der Waals surface area contributed by atoms with Crippen LogP contribution in [-0.2, 0) is 15.2 Å². The summed E-state index contributed by atoms with van der Waals surface area (Å²) < 4.78 is 19.6. The summed E-state index contributed by atoms with van der Waals surface area (Å²) in [5.41, 5.74) is 1.18. The molecule has 5 rings (SSSR count). The Morgan fingerprint density at radius 1 is 0.738 bits per heavy atom. The highest BCUT2D eigenvalue weighted by Gasteiger charge is 2.49. The number of nitrogens with zero attached hydrogens (tertiary/aromatic N) is 1. The molecule has 1 aliphatic heterocycles. The van der Waals surface area contributed by atoms with Gasteiger partial charge in [-0.25, -0.2) is 4.39 Å².